The van der Waals surface area contributed by atoms with E-state index in [1.807, 2.05) is 35.9 Å². The van der Waals surface area contributed by atoms with Crippen LogP contribution in [0.2, 0.25) is 0 Å². The quantitative estimate of drug-likeness (QED) is 0.348. The first-order valence-electron chi connectivity index (χ1n) is 10.4. The molecule has 31 heavy (non-hydrogen) atoms. The van der Waals surface area contributed by atoms with E-state index in [0.29, 0.717) is 11.6 Å². The molecule has 0 fully saturated rings. The van der Waals surface area contributed by atoms with E-state index in [1.54, 1.807) is 30.2 Å². The van der Waals surface area contributed by atoms with Crippen LogP contribution >= 0.6 is 23.1 Å². The summed E-state index contributed by atoms with van der Waals surface area (Å²) in [5.74, 6) is 3.56. The Bertz CT molecular complexity index is 1230. The van der Waals surface area contributed by atoms with Crippen LogP contribution in [0.1, 0.15) is 35.5 Å². The lowest BCUT2D eigenvalue weighted by Gasteiger charge is -2.06. The van der Waals surface area contributed by atoms with Gasteiger partial charge in [-0.05, 0) is 55.5 Å². The number of thioether (sulfide) groups is 1. The summed E-state index contributed by atoms with van der Waals surface area (Å²) in [6.07, 6.45) is 5.97. The van der Waals surface area contributed by atoms with E-state index in [-0.39, 0.29) is 0 Å². The van der Waals surface area contributed by atoms with Gasteiger partial charge in [0.2, 0.25) is 0 Å². The first kappa shape index (κ1) is 20.3. The number of methoxy groups -OCH3 is 1. The Morgan fingerprint density at radius 3 is 2.71 bits per heavy atom. The summed E-state index contributed by atoms with van der Waals surface area (Å²) in [6, 6.07) is 7.81. The lowest BCUT2D eigenvalue weighted by molar-refractivity contribution is 0.415. The van der Waals surface area contributed by atoms with E-state index in [4.69, 9.17) is 15.5 Å². The average molecular weight is 453 g/mol. The normalized spacial score (nSPS) is 13.9. The zero-order chi connectivity index (χ0) is 21.4. The molecule has 3 heterocycles. The summed E-state index contributed by atoms with van der Waals surface area (Å²) in [5.41, 5.74) is 8.75. The van der Waals surface area contributed by atoms with E-state index in [1.165, 1.54) is 29.7 Å². The molecule has 160 valence electrons. The summed E-state index contributed by atoms with van der Waals surface area (Å²) >= 11 is 3.35. The zero-order valence-corrected chi connectivity index (χ0v) is 19.2. The Morgan fingerprint density at radius 2 is 1.90 bits per heavy atom. The number of thiophene rings is 1. The standard InChI is InChI=1S/C22H24N6OS2/c1-28-20(13-8-10-14(29-2)11-9-13)26-27-22(28)30-12-17-24-19(23)18-15-6-4-3-5-7-16(15)31-21(18)25-17/h8-11H,3-7,12H2,1-2H3,(H2,23,24,25). The third-order valence-electron chi connectivity index (χ3n) is 5.65. The number of nitrogen functional groups attached to an aromatic ring is 1. The van der Waals surface area contributed by atoms with Crippen molar-refractivity contribution in [2.75, 3.05) is 12.8 Å². The van der Waals surface area contributed by atoms with Crippen molar-refractivity contribution in [3.05, 3.63) is 40.5 Å². The Kier molecular flexibility index (Phi) is 5.54. The second-order valence-electron chi connectivity index (χ2n) is 7.65. The van der Waals surface area contributed by atoms with E-state index in [2.05, 4.69) is 15.2 Å². The van der Waals surface area contributed by atoms with Crippen LogP contribution in [0.15, 0.2) is 29.4 Å². The Balaban J connectivity index is 1.37. The molecule has 2 N–H and O–H groups in total. The van der Waals surface area contributed by atoms with Crippen molar-refractivity contribution in [2.24, 2.45) is 7.05 Å². The molecule has 0 aliphatic heterocycles. The average Bonchev–Trinajstić information content (AvgIpc) is 3.23. The molecule has 4 aromatic rings. The Hall–Kier alpha value is -2.65. The summed E-state index contributed by atoms with van der Waals surface area (Å²) < 4.78 is 7.22. The number of nitrogens with two attached hydrogens (primary N) is 1. The van der Waals surface area contributed by atoms with E-state index >= 15 is 0 Å². The molecule has 0 bridgehead atoms. The predicted molar refractivity (Wildman–Crippen MR) is 126 cm³/mol. The van der Waals surface area contributed by atoms with Gasteiger partial charge < -0.3 is 15.0 Å². The fraction of sp³-hybridized carbons (Fsp3) is 0.364. The molecule has 0 unspecified atom stereocenters. The van der Waals surface area contributed by atoms with Crippen molar-refractivity contribution >= 4 is 39.1 Å². The number of anilines is 1. The minimum Gasteiger partial charge on any atom is -0.497 e. The molecule has 5 rings (SSSR count). The van der Waals surface area contributed by atoms with Gasteiger partial charge in [0.15, 0.2) is 11.0 Å². The maximum atomic E-state index is 6.38. The molecule has 1 aliphatic carbocycles. The largest absolute Gasteiger partial charge is 0.497 e. The van der Waals surface area contributed by atoms with Gasteiger partial charge in [0.25, 0.3) is 0 Å². The molecule has 7 nitrogen and oxygen atoms in total. The highest BCUT2D eigenvalue weighted by Crippen LogP contribution is 2.37. The van der Waals surface area contributed by atoms with E-state index in [0.717, 1.165) is 51.2 Å². The maximum Gasteiger partial charge on any atom is 0.191 e. The highest BCUT2D eigenvalue weighted by molar-refractivity contribution is 7.98. The molecule has 0 atom stereocenters. The fourth-order valence-electron chi connectivity index (χ4n) is 4.03. The highest BCUT2D eigenvalue weighted by atomic mass is 32.2. The SMILES string of the molecule is COc1ccc(-c2nnc(SCc3nc(N)c4c5c(sc4n3)CCCCC5)n2C)cc1. The van der Waals surface area contributed by atoms with Gasteiger partial charge in [0, 0.05) is 17.5 Å². The topological polar surface area (TPSA) is 91.7 Å². The highest BCUT2D eigenvalue weighted by Gasteiger charge is 2.20. The summed E-state index contributed by atoms with van der Waals surface area (Å²) in [6.45, 7) is 0. The minimum atomic E-state index is 0.595. The predicted octanol–water partition coefficient (Wildman–Crippen LogP) is 4.64. The first-order valence-corrected chi connectivity index (χ1v) is 12.2. The number of aromatic nitrogens is 5. The van der Waals surface area contributed by atoms with Gasteiger partial charge in [0.05, 0.1) is 18.2 Å². The summed E-state index contributed by atoms with van der Waals surface area (Å²) in [5, 5.41) is 10.6. The Labute approximate surface area is 189 Å². The van der Waals surface area contributed by atoms with Gasteiger partial charge >= 0.3 is 0 Å². The van der Waals surface area contributed by atoms with Crippen LogP contribution in [0.3, 0.4) is 0 Å². The molecule has 1 aliphatic rings. The van der Waals surface area contributed by atoms with Crippen molar-refractivity contribution in [3.8, 4) is 17.1 Å². The van der Waals surface area contributed by atoms with Crippen LogP contribution in [-0.4, -0.2) is 31.8 Å². The van der Waals surface area contributed by atoms with Crippen LogP contribution in [0, 0.1) is 0 Å². The van der Waals surface area contributed by atoms with Crippen LogP contribution < -0.4 is 10.5 Å². The lowest BCUT2D eigenvalue weighted by atomic mass is 10.1. The second kappa shape index (κ2) is 8.47. The number of ether oxygens (including phenoxy) is 1. The zero-order valence-electron chi connectivity index (χ0n) is 17.6. The van der Waals surface area contributed by atoms with Gasteiger partial charge in [-0.1, -0.05) is 18.2 Å². The van der Waals surface area contributed by atoms with Gasteiger partial charge in [-0.2, -0.15) is 0 Å². The van der Waals surface area contributed by atoms with Crippen LogP contribution in [0.4, 0.5) is 5.82 Å². The van der Waals surface area contributed by atoms with Crippen molar-refractivity contribution in [1.82, 2.24) is 24.7 Å². The number of rotatable bonds is 5. The molecular formula is C22H24N6OS2. The molecular weight excluding hydrogens is 428 g/mol. The van der Waals surface area contributed by atoms with Crippen molar-refractivity contribution < 1.29 is 4.74 Å². The Morgan fingerprint density at radius 1 is 1.10 bits per heavy atom. The second-order valence-corrected chi connectivity index (χ2v) is 9.68. The third-order valence-corrected chi connectivity index (χ3v) is 7.85. The van der Waals surface area contributed by atoms with Crippen molar-refractivity contribution in [2.45, 2.75) is 43.0 Å². The molecule has 0 radical (unpaired) electrons. The van der Waals surface area contributed by atoms with E-state index < -0.39 is 0 Å². The minimum absolute atomic E-state index is 0.595. The molecule has 0 saturated carbocycles. The van der Waals surface area contributed by atoms with Crippen molar-refractivity contribution in [3.63, 3.8) is 0 Å². The third kappa shape index (κ3) is 3.87. The van der Waals surface area contributed by atoms with Gasteiger partial charge in [-0.15, -0.1) is 21.5 Å². The number of benzene rings is 1. The fourth-order valence-corrected chi connectivity index (χ4v) is 6.09. The van der Waals surface area contributed by atoms with Gasteiger partial charge in [-0.3, -0.25) is 0 Å². The number of hydrogen-bond acceptors (Lipinski definition) is 8. The summed E-state index contributed by atoms with van der Waals surface area (Å²) in [7, 11) is 3.63. The molecule has 0 saturated heterocycles. The molecule has 0 spiro atoms. The number of aryl methyl sites for hydroxylation is 2. The molecule has 3 aromatic heterocycles. The smallest absolute Gasteiger partial charge is 0.191 e. The number of nitrogens with zero attached hydrogens (tertiary/aromatic N) is 5. The van der Waals surface area contributed by atoms with E-state index in [9.17, 15) is 0 Å². The monoisotopic (exact) mass is 452 g/mol. The van der Waals surface area contributed by atoms with Crippen molar-refractivity contribution in [1.29, 1.82) is 0 Å². The molecule has 1 aromatic carbocycles. The van der Waals surface area contributed by atoms with Crippen LogP contribution in [0.5, 0.6) is 5.75 Å². The molecule has 9 heteroatoms. The van der Waals surface area contributed by atoms with Crippen LogP contribution in [-0.2, 0) is 25.6 Å². The number of fused-ring (bicyclic) bond motifs is 3. The molecule has 0 amide bonds. The number of hydrogen-bond donors (Lipinski definition) is 1. The lowest BCUT2D eigenvalue weighted by Crippen LogP contribution is -2.01. The van der Waals surface area contributed by atoms with Gasteiger partial charge in [-0.25, -0.2) is 9.97 Å². The maximum absolute atomic E-state index is 6.38. The van der Waals surface area contributed by atoms with Gasteiger partial charge in [0.1, 0.15) is 22.2 Å². The summed E-state index contributed by atoms with van der Waals surface area (Å²) in [4.78, 5) is 11.9. The van der Waals surface area contributed by atoms with Crippen LogP contribution in [0.25, 0.3) is 21.6 Å². The first-order chi connectivity index (χ1) is 15.1.